The third-order valence-electron chi connectivity index (χ3n) is 4.10. The Kier molecular flexibility index (Phi) is 9.52. The van der Waals surface area contributed by atoms with Gasteiger partial charge in [-0.25, -0.2) is 0 Å². The number of allylic oxidation sites excluding steroid dienone is 2. The predicted molar refractivity (Wildman–Crippen MR) is 91.7 cm³/mol. The summed E-state index contributed by atoms with van der Waals surface area (Å²) in [6.45, 7) is 4.98. The zero-order valence-corrected chi connectivity index (χ0v) is 14.2. The van der Waals surface area contributed by atoms with Crippen molar-refractivity contribution in [1.29, 1.82) is 0 Å². The number of hydrogen-bond acceptors (Lipinski definition) is 2. The summed E-state index contributed by atoms with van der Waals surface area (Å²) in [5.74, 6) is 0.388. The molecule has 0 aromatic rings. The zero-order chi connectivity index (χ0) is 16.2. The van der Waals surface area contributed by atoms with Crippen LogP contribution in [0, 0.1) is 0 Å². The molecule has 1 aliphatic heterocycles. The molecule has 0 N–H and O–H groups in total. The van der Waals surface area contributed by atoms with E-state index in [2.05, 4.69) is 26.0 Å². The molecule has 1 saturated heterocycles. The van der Waals surface area contributed by atoms with Crippen LogP contribution in [0.2, 0.25) is 0 Å². The summed E-state index contributed by atoms with van der Waals surface area (Å²) in [4.78, 5) is 25.6. The minimum absolute atomic E-state index is 0.0958. The van der Waals surface area contributed by atoms with E-state index < -0.39 is 0 Å². The average Bonchev–Trinajstić information content (AvgIpc) is 2.86. The first-order valence-corrected chi connectivity index (χ1v) is 8.84. The summed E-state index contributed by atoms with van der Waals surface area (Å²) < 4.78 is 0. The third kappa shape index (κ3) is 7.06. The largest absolute Gasteiger partial charge is 0.333 e. The highest BCUT2D eigenvalue weighted by atomic mass is 16.2. The number of amides is 1. The minimum Gasteiger partial charge on any atom is -0.333 e. The molecule has 0 aliphatic carbocycles. The van der Waals surface area contributed by atoms with Crippen molar-refractivity contribution in [2.24, 2.45) is 0 Å². The molecule has 0 aromatic heterocycles. The molecular weight excluding hydrogens is 274 g/mol. The van der Waals surface area contributed by atoms with Crippen LogP contribution in [0.3, 0.4) is 0 Å². The van der Waals surface area contributed by atoms with Gasteiger partial charge in [-0.3, -0.25) is 9.59 Å². The summed E-state index contributed by atoms with van der Waals surface area (Å²) >= 11 is 0. The van der Waals surface area contributed by atoms with E-state index in [1.165, 1.54) is 12.8 Å². The Bertz CT molecular complexity index is 398. The average molecular weight is 305 g/mol. The molecule has 1 atom stereocenters. The zero-order valence-electron chi connectivity index (χ0n) is 14.2. The van der Waals surface area contributed by atoms with Crippen molar-refractivity contribution in [3.63, 3.8) is 0 Å². The molecule has 0 bridgehead atoms. The van der Waals surface area contributed by atoms with E-state index in [1.54, 1.807) is 6.08 Å². The summed E-state index contributed by atoms with van der Waals surface area (Å²) in [5, 5.41) is 0. The molecule has 1 rings (SSSR count). The van der Waals surface area contributed by atoms with Crippen LogP contribution < -0.4 is 0 Å². The van der Waals surface area contributed by atoms with Gasteiger partial charge in [-0.05, 0) is 25.3 Å². The van der Waals surface area contributed by atoms with E-state index in [1.807, 2.05) is 11.0 Å². The van der Waals surface area contributed by atoms with E-state index in [9.17, 15) is 9.59 Å². The molecule has 124 valence electrons. The fourth-order valence-corrected chi connectivity index (χ4v) is 2.67. The SMILES string of the molecule is CCCC/C=C\CN1C(=O)CCC1/C=C/C(=O)CCCCC. The van der Waals surface area contributed by atoms with Gasteiger partial charge < -0.3 is 4.90 Å². The monoisotopic (exact) mass is 305 g/mol. The van der Waals surface area contributed by atoms with Crippen molar-refractivity contribution >= 4 is 11.7 Å². The highest BCUT2D eigenvalue weighted by Gasteiger charge is 2.27. The van der Waals surface area contributed by atoms with Crippen LogP contribution in [-0.2, 0) is 9.59 Å². The van der Waals surface area contributed by atoms with Crippen molar-refractivity contribution in [3.8, 4) is 0 Å². The Morgan fingerprint density at radius 1 is 1.18 bits per heavy atom. The molecule has 1 heterocycles. The number of unbranched alkanes of at least 4 members (excludes halogenated alkanes) is 4. The molecular formula is C19H31NO2. The van der Waals surface area contributed by atoms with E-state index in [0.717, 1.165) is 32.1 Å². The maximum absolute atomic E-state index is 11.9. The van der Waals surface area contributed by atoms with Crippen LogP contribution in [0.15, 0.2) is 24.3 Å². The van der Waals surface area contributed by atoms with Crippen molar-refractivity contribution < 1.29 is 9.59 Å². The Morgan fingerprint density at radius 3 is 2.68 bits per heavy atom. The maximum atomic E-state index is 11.9. The lowest BCUT2D eigenvalue weighted by Gasteiger charge is -2.20. The Morgan fingerprint density at radius 2 is 1.95 bits per heavy atom. The van der Waals surface area contributed by atoms with Gasteiger partial charge in [0.15, 0.2) is 5.78 Å². The van der Waals surface area contributed by atoms with Gasteiger partial charge in [0.1, 0.15) is 0 Å². The second-order valence-electron chi connectivity index (χ2n) is 6.05. The molecule has 0 spiro atoms. The second kappa shape index (κ2) is 11.2. The maximum Gasteiger partial charge on any atom is 0.223 e. The number of likely N-dealkylation sites (tertiary alicyclic amines) is 1. The summed E-state index contributed by atoms with van der Waals surface area (Å²) in [6, 6.07) is 0.0958. The highest BCUT2D eigenvalue weighted by Crippen LogP contribution is 2.20. The van der Waals surface area contributed by atoms with Gasteiger partial charge >= 0.3 is 0 Å². The van der Waals surface area contributed by atoms with E-state index in [4.69, 9.17) is 0 Å². The molecule has 0 aromatic carbocycles. The normalized spacial score (nSPS) is 18.9. The molecule has 0 saturated carbocycles. The van der Waals surface area contributed by atoms with Gasteiger partial charge in [-0.15, -0.1) is 0 Å². The predicted octanol–water partition coefficient (Wildman–Crippen LogP) is 4.43. The number of nitrogens with zero attached hydrogens (tertiary/aromatic N) is 1. The van der Waals surface area contributed by atoms with Crippen molar-refractivity contribution in [3.05, 3.63) is 24.3 Å². The number of carbonyl (C=O) groups is 2. The van der Waals surface area contributed by atoms with Gasteiger partial charge in [-0.1, -0.05) is 57.8 Å². The summed E-state index contributed by atoms with van der Waals surface area (Å²) in [5.41, 5.74) is 0. The summed E-state index contributed by atoms with van der Waals surface area (Å²) in [7, 11) is 0. The van der Waals surface area contributed by atoms with E-state index in [-0.39, 0.29) is 17.7 Å². The number of hydrogen-bond donors (Lipinski definition) is 0. The van der Waals surface area contributed by atoms with Crippen molar-refractivity contribution in [1.82, 2.24) is 4.90 Å². The molecule has 1 amide bonds. The van der Waals surface area contributed by atoms with E-state index >= 15 is 0 Å². The third-order valence-corrected chi connectivity index (χ3v) is 4.10. The topological polar surface area (TPSA) is 37.4 Å². The van der Waals surface area contributed by atoms with Crippen LogP contribution in [-0.4, -0.2) is 29.2 Å². The van der Waals surface area contributed by atoms with Gasteiger partial charge in [-0.2, -0.15) is 0 Å². The number of rotatable bonds is 11. The number of carbonyl (C=O) groups excluding carboxylic acids is 2. The quantitative estimate of drug-likeness (QED) is 0.322. The molecule has 3 heteroatoms. The highest BCUT2D eigenvalue weighted by molar-refractivity contribution is 5.90. The first kappa shape index (κ1) is 18.7. The van der Waals surface area contributed by atoms with Crippen LogP contribution in [0.25, 0.3) is 0 Å². The van der Waals surface area contributed by atoms with Crippen molar-refractivity contribution in [2.75, 3.05) is 6.54 Å². The molecule has 22 heavy (non-hydrogen) atoms. The smallest absolute Gasteiger partial charge is 0.223 e. The van der Waals surface area contributed by atoms with Gasteiger partial charge in [0.2, 0.25) is 5.91 Å². The Labute approximate surface area is 135 Å². The first-order chi connectivity index (χ1) is 10.7. The summed E-state index contributed by atoms with van der Waals surface area (Å²) in [6.07, 6.45) is 16.6. The van der Waals surface area contributed by atoms with Gasteiger partial charge in [0, 0.05) is 19.4 Å². The van der Waals surface area contributed by atoms with Crippen LogP contribution >= 0.6 is 0 Å². The Balaban J connectivity index is 2.41. The van der Waals surface area contributed by atoms with Crippen LogP contribution in [0.5, 0.6) is 0 Å². The lowest BCUT2D eigenvalue weighted by Crippen LogP contribution is -2.31. The van der Waals surface area contributed by atoms with Crippen molar-refractivity contribution in [2.45, 2.75) is 77.7 Å². The van der Waals surface area contributed by atoms with Gasteiger partial charge in [0.25, 0.3) is 0 Å². The fourth-order valence-electron chi connectivity index (χ4n) is 2.67. The van der Waals surface area contributed by atoms with E-state index in [0.29, 0.717) is 19.4 Å². The van der Waals surface area contributed by atoms with Crippen LogP contribution in [0.1, 0.15) is 71.6 Å². The molecule has 1 aliphatic rings. The Hall–Kier alpha value is -1.38. The molecule has 1 fully saturated rings. The lowest BCUT2D eigenvalue weighted by atomic mass is 10.1. The second-order valence-corrected chi connectivity index (χ2v) is 6.05. The minimum atomic E-state index is 0.0958. The molecule has 1 unspecified atom stereocenters. The molecule has 3 nitrogen and oxygen atoms in total. The molecule has 0 radical (unpaired) electrons. The first-order valence-electron chi connectivity index (χ1n) is 8.84. The number of ketones is 1. The fraction of sp³-hybridized carbons (Fsp3) is 0.684. The standard InChI is InChI=1S/C19H31NO2/c1-3-5-7-8-10-16-20-17(13-15-19(20)22)12-14-18(21)11-9-6-4-2/h8,10,12,14,17H,3-7,9,11,13,15-16H2,1-2H3/b10-8-,14-12+. The van der Waals surface area contributed by atoms with Gasteiger partial charge in [0.05, 0.1) is 6.04 Å². The van der Waals surface area contributed by atoms with Crippen LogP contribution in [0.4, 0.5) is 0 Å². The lowest BCUT2D eigenvalue weighted by molar-refractivity contribution is -0.128.